The Bertz CT molecular complexity index is 643. The number of rotatable bonds is 5. The van der Waals surface area contributed by atoms with Crippen LogP contribution < -0.4 is 5.73 Å². The maximum atomic E-state index is 12.3. The molecule has 0 aromatic heterocycles. The Morgan fingerprint density at radius 2 is 1.95 bits per heavy atom. The lowest BCUT2D eigenvalue weighted by Gasteiger charge is -2.14. The first-order chi connectivity index (χ1) is 9.79. The van der Waals surface area contributed by atoms with Gasteiger partial charge in [-0.1, -0.05) is 23.7 Å². The van der Waals surface area contributed by atoms with Gasteiger partial charge in [-0.3, -0.25) is 4.79 Å². The van der Waals surface area contributed by atoms with Crippen molar-refractivity contribution in [1.29, 1.82) is 0 Å². The number of benzene rings is 1. The lowest BCUT2D eigenvalue weighted by Crippen LogP contribution is -2.33. The summed E-state index contributed by atoms with van der Waals surface area (Å²) in [6, 6.07) is 6.78. The Hall–Kier alpha value is -1.11. The fourth-order valence-corrected chi connectivity index (χ4v) is 5.06. The summed E-state index contributed by atoms with van der Waals surface area (Å²) < 4.78 is 29.1. The van der Waals surface area contributed by atoms with Crippen molar-refractivity contribution in [3.8, 4) is 0 Å². The molecule has 0 aliphatic heterocycles. The quantitative estimate of drug-likeness (QED) is 0.823. The van der Waals surface area contributed by atoms with Gasteiger partial charge in [-0.2, -0.15) is 0 Å². The van der Waals surface area contributed by atoms with Crippen LogP contribution in [0.5, 0.6) is 0 Å². The summed E-state index contributed by atoms with van der Waals surface area (Å²) in [5.41, 5.74) is 5.29. The molecule has 7 heteroatoms. The van der Waals surface area contributed by atoms with Crippen LogP contribution in [0.1, 0.15) is 18.4 Å². The first kappa shape index (κ1) is 16.3. The molecule has 1 saturated carbocycles. The molecule has 0 spiro atoms. The molecule has 0 unspecified atom stereocenters. The van der Waals surface area contributed by atoms with Gasteiger partial charge in [0.2, 0.25) is 0 Å². The lowest BCUT2D eigenvalue weighted by molar-refractivity contribution is -0.149. The van der Waals surface area contributed by atoms with Gasteiger partial charge in [0.25, 0.3) is 0 Å². The molecule has 0 saturated heterocycles. The van der Waals surface area contributed by atoms with E-state index in [2.05, 4.69) is 0 Å². The monoisotopic (exact) mass is 331 g/mol. The zero-order valence-corrected chi connectivity index (χ0v) is 13.4. The summed E-state index contributed by atoms with van der Waals surface area (Å²) in [5.74, 6) is -1.04. The van der Waals surface area contributed by atoms with Crippen LogP contribution in [0.2, 0.25) is 5.02 Å². The standard InChI is InChI=1S/C14H18ClNO4S/c1-3-20-13(17)14(8-16)11(12(14)21(2,18)19)9-4-6-10(15)7-5-9/h4-7,11-12H,3,8,16H2,1-2H3/t11-,12-,14+/m0/s1. The molecule has 2 rings (SSSR count). The van der Waals surface area contributed by atoms with E-state index in [0.717, 1.165) is 11.8 Å². The van der Waals surface area contributed by atoms with E-state index in [9.17, 15) is 13.2 Å². The van der Waals surface area contributed by atoms with Crippen molar-refractivity contribution in [2.24, 2.45) is 11.1 Å². The Kier molecular flexibility index (Phi) is 4.33. The van der Waals surface area contributed by atoms with Crippen LogP contribution in [-0.4, -0.2) is 39.0 Å². The van der Waals surface area contributed by atoms with Crippen molar-refractivity contribution in [3.63, 3.8) is 0 Å². The van der Waals surface area contributed by atoms with Gasteiger partial charge >= 0.3 is 5.97 Å². The third kappa shape index (κ3) is 2.67. The Balaban J connectivity index is 2.47. The highest BCUT2D eigenvalue weighted by molar-refractivity contribution is 7.91. The van der Waals surface area contributed by atoms with Gasteiger partial charge < -0.3 is 10.5 Å². The normalized spacial score (nSPS) is 28.2. The van der Waals surface area contributed by atoms with Gasteiger partial charge in [-0.15, -0.1) is 0 Å². The second-order valence-electron chi connectivity index (χ2n) is 5.24. The summed E-state index contributed by atoms with van der Waals surface area (Å²) in [6.07, 6.45) is 1.12. The van der Waals surface area contributed by atoms with E-state index in [4.69, 9.17) is 22.1 Å². The summed E-state index contributed by atoms with van der Waals surface area (Å²) in [5, 5.41) is -0.306. The number of carbonyl (C=O) groups is 1. The SMILES string of the molecule is CCOC(=O)[C@]1(CN)[C@@H](c2ccc(Cl)cc2)[C@@H]1S(C)(=O)=O. The smallest absolute Gasteiger partial charge is 0.315 e. The minimum Gasteiger partial charge on any atom is -0.465 e. The van der Waals surface area contributed by atoms with Gasteiger partial charge in [0.1, 0.15) is 5.41 Å². The van der Waals surface area contributed by atoms with Gasteiger partial charge in [0.05, 0.1) is 11.9 Å². The molecule has 0 bridgehead atoms. The van der Waals surface area contributed by atoms with E-state index in [-0.39, 0.29) is 13.2 Å². The van der Waals surface area contributed by atoms with Crippen molar-refractivity contribution >= 4 is 27.4 Å². The minimum absolute atomic E-state index is 0.0726. The molecule has 2 N–H and O–H groups in total. The van der Waals surface area contributed by atoms with E-state index in [1.807, 2.05) is 0 Å². The molecule has 3 atom stereocenters. The first-order valence-electron chi connectivity index (χ1n) is 6.60. The summed E-state index contributed by atoms with van der Waals surface area (Å²) in [4.78, 5) is 12.3. The number of hydrogen-bond donors (Lipinski definition) is 1. The van der Waals surface area contributed by atoms with Crippen LogP contribution in [0.3, 0.4) is 0 Å². The third-order valence-electron chi connectivity index (χ3n) is 3.94. The maximum absolute atomic E-state index is 12.3. The van der Waals surface area contributed by atoms with Crippen molar-refractivity contribution in [2.45, 2.75) is 18.1 Å². The molecule has 1 fully saturated rings. The van der Waals surface area contributed by atoms with Crippen LogP contribution >= 0.6 is 11.6 Å². The second-order valence-corrected chi connectivity index (χ2v) is 7.85. The number of halogens is 1. The van der Waals surface area contributed by atoms with Crippen LogP contribution in [0.25, 0.3) is 0 Å². The van der Waals surface area contributed by atoms with Crippen LogP contribution in [0, 0.1) is 5.41 Å². The molecule has 0 heterocycles. The van der Waals surface area contributed by atoms with Gasteiger partial charge in [-0.25, -0.2) is 8.42 Å². The van der Waals surface area contributed by atoms with Crippen LogP contribution in [0.15, 0.2) is 24.3 Å². The van der Waals surface area contributed by atoms with E-state index in [1.54, 1.807) is 31.2 Å². The van der Waals surface area contributed by atoms with E-state index < -0.39 is 32.4 Å². The third-order valence-corrected chi connectivity index (χ3v) is 5.81. The predicted molar refractivity (Wildman–Crippen MR) is 80.9 cm³/mol. The average Bonchev–Trinajstić information content (AvgIpc) is 3.10. The Labute approximate surface area is 129 Å². The number of sulfone groups is 1. The molecule has 116 valence electrons. The molecular formula is C14H18ClNO4S. The lowest BCUT2D eigenvalue weighted by atomic mass is 9.99. The van der Waals surface area contributed by atoms with E-state index in [1.165, 1.54) is 0 Å². The summed E-state index contributed by atoms with van der Waals surface area (Å²) in [6.45, 7) is 1.79. The number of ether oxygens (including phenoxy) is 1. The van der Waals surface area contributed by atoms with Crippen LogP contribution in [-0.2, 0) is 19.4 Å². The van der Waals surface area contributed by atoms with Crippen molar-refractivity contribution in [1.82, 2.24) is 0 Å². The zero-order valence-electron chi connectivity index (χ0n) is 11.9. The van der Waals surface area contributed by atoms with Gasteiger partial charge in [0, 0.05) is 23.7 Å². The zero-order chi connectivity index (χ0) is 15.8. The molecule has 1 aliphatic rings. The molecule has 5 nitrogen and oxygen atoms in total. The second kappa shape index (κ2) is 5.59. The molecule has 21 heavy (non-hydrogen) atoms. The Morgan fingerprint density at radius 3 is 2.38 bits per heavy atom. The molecule has 0 radical (unpaired) electrons. The molecular weight excluding hydrogens is 314 g/mol. The minimum atomic E-state index is -3.43. The molecule has 0 amide bonds. The predicted octanol–water partition coefficient (Wildman–Crippen LogP) is 1.36. The molecule has 1 aliphatic carbocycles. The van der Waals surface area contributed by atoms with E-state index in [0.29, 0.717) is 5.02 Å². The number of esters is 1. The first-order valence-corrected chi connectivity index (χ1v) is 8.94. The largest absolute Gasteiger partial charge is 0.465 e. The number of nitrogens with two attached hydrogens (primary N) is 1. The highest BCUT2D eigenvalue weighted by Crippen LogP contribution is 2.62. The molecule has 1 aromatic carbocycles. The molecule has 1 aromatic rings. The van der Waals surface area contributed by atoms with Crippen molar-refractivity contribution in [3.05, 3.63) is 34.9 Å². The van der Waals surface area contributed by atoms with Crippen LogP contribution in [0.4, 0.5) is 0 Å². The highest BCUT2D eigenvalue weighted by atomic mass is 35.5. The highest BCUT2D eigenvalue weighted by Gasteiger charge is 2.74. The Morgan fingerprint density at radius 1 is 1.38 bits per heavy atom. The fraction of sp³-hybridized carbons (Fsp3) is 0.500. The van der Waals surface area contributed by atoms with Gasteiger partial charge in [0.15, 0.2) is 9.84 Å². The number of carbonyl (C=O) groups excluding carboxylic acids is 1. The van der Waals surface area contributed by atoms with E-state index >= 15 is 0 Å². The fourth-order valence-electron chi connectivity index (χ4n) is 3.01. The maximum Gasteiger partial charge on any atom is 0.315 e. The average molecular weight is 332 g/mol. The van der Waals surface area contributed by atoms with Crippen molar-refractivity contribution < 1.29 is 17.9 Å². The van der Waals surface area contributed by atoms with Crippen molar-refractivity contribution in [2.75, 3.05) is 19.4 Å². The summed E-state index contributed by atoms with van der Waals surface area (Å²) >= 11 is 5.85. The number of hydrogen-bond acceptors (Lipinski definition) is 5. The van der Waals surface area contributed by atoms with Gasteiger partial charge in [-0.05, 0) is 24.6 Å². The topological polar surface area (TPSA) is 86.5 Å². The summed E-state index contributed by atoms with van der Waals surface area (Å²) in [7, 11) is -3.43.